The number of rotatable bonds is 1. The van der Waals surface area contributed by atoms with Crippen molar-refractivity contribution < 1.29 is 0 Å². The zero-order valence-electron chi connectivity index (χ0n) is 6.54. The van der Waals surface area contributed by atoms with Crippen LogP contribution in [0.1, 0.15) is 12.5 Å². The molecule has 1 aromatic carbocycles. The van der Waals surface area contributed by atoms with Crippen LogP contribution in [-0.2, 0) is 0 Å². The molecule has 0 saturated heterocycles. The fourth-order valence-corrected chi connectivity index (χ4v) is 0.845. The van der Waals surface area contributed by atoms with E-state index < -0.39 is 0 Å². The normalized spacial score (nSPS) is 12.5. The molecular weight excluding hydrogens is 136 g/mol. The number of allylic oxidation sites excluding steroid dienone is 1. The van der Waals surface area contributed by atoms with E-state index >= 15 is 0 Å². The van der Waals surface area contributed by atoms with Gasteiger partial charge in [-0.1, -0.05) is 30.3 Å². The van der Waals surface area contributed by atoms with E-state index in [1.807, 2.05) is 30.3 Å². The van der Waals surface area contributed by atoms with Crippen LogP contribution < -0.4 is 11.5 Å². The Morgan fingerprint density at radius 2 is 1.64 bits per heavy atom. The van der Waals surface area contributed by atoms with E-state index in [2.05, 4.69) is 0 Å². The van der Waals surface area contributed by atoms with Crippen molar-refractivity contribution >= 4 is 5.70 Å². The summed E-state index contributed by atoms with van der Waals surface area (Å²) in [5, 5.41) is 0. The molecule has 0 aromatic heterocycles. The molecule has 2 heteroatoms. The van der Waals surface area contributed by atoms with Crippen molar-refractivity contribution in [3.63, 3.8) is 0 Å². The van der Waals surface area contributed by atoms with Crippen LogP contribution in [0.4, 0.5) is 0 Å². The van der Waals surface area contributed by atoms with Gasteiger partial charge in [-0.05, 0) is 12.5 Å². The van der Waals surface area contributed by atoms with Crippen molar-refractivity contribution in [2.24, 2.45) is 11.5 Å². The minimum atomic E-state index is 0.658. The van der Waals surface area contributed by atoms with Crippen LogP contribution in [0.3, 0.4) is 0 Å². The van der Waals surface area contributed by atoms with Gasteiger partial charge in [0, 0.05) is 5.70 Å². The highest BCUT2D eigenvalue weighted by Gasteiger charge is 1.95. The molecule has 0 heterocycles. The van der Waals surface area contributed by atoms with Crippen LogP contribution in [0.2, 0.25) is 0 Å². The van der Waals surface area contributed by atoms with E-state index in [0.29, 0.717) is 11.4 Å². The molecule has 0 aliphatic carbocycles. The lowest BCUT2D eigenvalue weighted by Crippen LogP contribution is -2.05. The van der Waals surface area contributed by atoms with Crippen LogP contribution in [0.25, 0.3) is 5.70 Å². The summed E-state index contributed by atoms with van der Waals surface area (Å²) in [4.78, 5) is 0. The summed E-state index contributed by atoms with van der Waals surface area (Å²) in [7, 11) is 0. The number of hydrogen-bond donors (Lipinski definition) is 2. The minimum Gasteiger partial charge on any atom is -0.401 e. The predicted molar refractivity (Wildman–Crippen MR) is 47.4 cm³/mol. The van der Waals surface area contributed by atoms with Gasteiger partial charge in [0.15, 0.2) is 0 Å². The van der Waals surface area contributed by atoms with Crippen LogP contribution in [-0.4, -0.2) is 0 Å². The van der Waals surface area contributed by atoms with Crippen molar-refractivity contribution in [1.29, 1.82) is 0 Å². The molecule has 0 aliphatic heterocycles. The third kappa shape index (κ3) is 1.74. The van der Waals surface area contributed by atoms with Crippen LogP contribution in [0, 0.1) is 0 Å². The Hall–Kier alpha value is -1.44. The van der Waals surface area contributed by atoms with E-state index in [4.69, 9.17) is 11.5 Å². The van der Waals surface area contributed by atoms with E-state index in [9.17, 15) is 0 Å². The molecule has 11 heavy (non-hydrogen) atoms. The van der Waals surface area contributed by atoms with Gasteiger partial charge in [0.2, 0.25) is 0 Å². The fourth-order valence-electron chi connectivity index (χ4n) is 0.845. The first-order valence-electron chi connectivity index (χ1n) is 3.49. The summed E-state index contributed by atoms with van der Waals surface area (Å²) >= 11 is 0. The monoisotopic (exact) mass is 148 g/mol. The highest BCUT2D eigenvalue weighted by molar-refractivity contribution is 5.64. The van der Waals surface area contributed by atoms with Crippen molar-refractivity contribution in [1.82, 2.24) is 0 Å². The smallest absolute Gasteiger partial charge is 0.0575 e. The van der Waals surface area contributed by atoms with Gasteiger partial charge in [-0.2, -0.15) is 0 Å². The quantitative estimate of drug-likeness (QED) is 0.630. The molecule has 0 amide bonds. The van der Waals surface area contributed by atoms with Gasteiger partial charge >= 0.3 is 0 Å². The summed E-state index contributed by atoms with van der Waals surface area (Å²) in [6.45, 7) is 1.79. The van der Waals surface area contributed by atoms with Crippen LogP contribution in [0.15, 0.2) is 36.0 Å². The zero-order valence-corrected chi connectivity index (χ0v) is 6.54. The van der Waals surface area contributed by atoms with Gasteiger partial charge in [-0.25, -0.2) is 0 Å². The lowest BCUT2D eigenvalue weighted by atomic mass is 10.1. The Morgan fingerprint density at radius 3 is 2.09 bits per heavy atom. The molecule has 1 aromatic rings. The van der Waals surface area contributed by atoms with Crippen LogP contribution in [0.5, 0.6) is 0 Å². The summed E-state index contributed by atoms with van der Waals surface area (Å²) in [6, 6.07) is 9.69. The van der Waals surface area contributed by atoms with Crippen molar-refractivity contribution in [2.45, 2.75) is 6.92 Å². The van der Waals surface area contributed by atoms with Gasteiger partial charge in [0.05, 0.1) is 5.70 Å². The van der Waals surface area contributed by atoms with E-state index in [1.165, 1.54) is 0 Å². The molecule has 0 bridgehead atoms. The molecule has 58 valence electrons. The number of benzene rings is 1. The Kier molecular flexibility index (Phi) is 2.16. The number of nitrogens with two attached hydrogens (primary N) is 2. The Morgan fingerprint density at radius 1 is 1.09 bits per heavy atom. The van der Waals surface area contributed by atoms with Crippen molar-refractivity contribution in [3.05, 3.63) is 41.6 Å². The van der Waals surface area contributed by atoms with Gasteiger partial charge < -0.3 is 11.5 Å². The third-order valence-corrected chi connectivity index (χ3v) is 1.51. The first-order valence-corrected chi connectivity index (χ1v) is 3.49. The average Bonchev–Trinajstić information content (AvgIpc) is 2.05. The minimum absolute atomic E-state index is 0.658. The first-order chi connectivity index (χ1) is 5.22. The molecule has 0 spiro atoms. The lowest BCUT2D eigenvalue weighted by Gasteiger charge is -2.02. The van der Waals surface area contributed by atoms with Gasteiger partial charge in [0.25, 0.3) is 0 Å². The van der Waals surface area contributed by atoms with Crippen molar-refractivity contribution in [3.8, 4) is 0 Å². The molecule has 0 aliphatic rings. The number of hydrogen-bond acceptors (Lipinski definition) is 2. The SMILES string of the molecule is CC(N)=C(N)c1ccccc1. The second-order valence-corrected chi connectivity index (χ2v) is 2.46. The largest absolute Gasteiger partial charge is 0.401 e. The molecule has 0 fully saturated rings. The molecule has 1 rings (SSSR count). The summed E-state index contributed by atoms with van der Waals surface area (Å²) in [6.07, 6.45) is 0. The van der Waals surface area contributed by atoms with Gasteiger partial charge in [-0.15, -0.1) is 0 Å². The molecule has 0 radical (unpaired) electrons. The summed E-state index contributed by atoms with van der Waals surface area (Å²) < 4.78 is 0. The maximum atomic E-state index is 5.69. The molecule has 0 atom stereocenters. The highest BCUT2D eigenvalue weighted by Crippen LogP contribution is 2.08. The van der Waals surface area contributed by atoms with E-state index in [1.54, 1.807) is 6.92 Å². The summed E-state index contributed by atoms with van der Waals surface area (Å²) in [5.74, 6) is 0. The highest BCUT2D eigenvalue weighted by atomic mass is 14.7. The van der Waals surface area contributed by atoms with Crippen LogP contribution >= 0.6 is 0 Å². The van der Waals surface area contributed by atoms with Crippen molar-refractivity contribution in [2.75, 3.05) is 0 Å². The first kappa shape index (κ1) is 7.66. The molecule has 0 saturated carbocycles. The van der Waals surface area contributed by atoms with Gasteiger partial charge in [-0.3, -0.25) is 0 Å². The lowest BCUT2D eigenvalue weighted by molar-refractivity contribution is 1.28. The maximum Gasteiger partial charge on any atom is 0.0575 e. The Bertz CT molecular complexity index is 258. The second-order valence-electron chi connectivity index (χ2n) is 2.46. The topological polar surface area (TPSA) is 52.0 Å². The van der Waals surface area contributed by atoms with Gasteiger partial charge in [0.1, 0.15) is 0 Å². The molecule has 4 N–H and O–H groups in total. The second kappa shape index (κ2) is 3.10. The molecule has 2 nitrogen and oxygen atoms in total. The Labute approximate surface area is 66.5 Å². The Balaban J connectivity index is 3.04. The average molecular weight is 148 g/mol. The third-order valence-electron chi connectivity index (χ3n) is 1.51. The summed E-state index contributed by atoms with van der Waals surface area (Å²) in [5.41, 5.74) is 13.5. The van der Waals surface area contributed by atoms with E-state index in [-0.39, 0.29) is 0 Å². The maximum absolute atomic E-state index is 5.69. The zero-order chi connectivity index (χ0) is 8.27. The molecule has 0 unspecified atom stereocenters. The predicted octanol–water partition coefficient (Wildman–Crippen LogP) is 1.29. The fraction of sp³-hybridized carbons (Fsp3) is 0.111. The van der Waals surface area contributed by atoms with E-state index in [0.717, 1.165) is 5.56 Å². The molecular formula is C9H12N2. The standard InChI is InChI=1S/C9H12N2/c1-7(10)9(11)8-5-3-2-4-6-8/h2-6H,10-11H2,1H3.